The first kappa shape index (κ1) is 22.7. The van der Waals surface area contributed by atoms with Crippen molar-refractivity contribution in [1.82, 2.24) is 25.5 Å². The van der Waals surface area contributed by atoms with Gasteiger partial charge in [0, 0.05) is 38.5 Å². The SMILES string of the molecule is CN/C=C\C(=[NH2+])NC(=O)c1cc(Oc2cnc(C(=O)N3CCC3)cn2)cc(OC(C)C)c1. The maximum atomic E-state index is 12.6. The van der Waals surface area contributed by atoms with Gasteiger partial charge in [0.1, 0.15) is 17.2 Å². The molecule has 0 radical (unpaired) electrons. The Morgan fingerprint density at radius 2 is 1.91 bits per heavy atom. The monoisotopic (exact) mass is 439 g/mol. The van der Waals surface area contributed by atoms with Gasteiger partial charge in [0.25, 0.3) is 11.7 Å². The van der Waals surface area contributed by atoms with Crippen molar-refractivity contribution in [1.29, 1.82) is 0 Å². The van der Waals surface area contributed by atoms with Crippen molar-refractivity contribution < 1.29 is 24.5 Å². The number of nitrogens with zero attached hydrogens (tertiary/aromatic N) is 3. The lowest BCUT2D eigenvalue weighted by molar-refractivity contribution is -0.115. The number of benzene rings is 1. The van der Waals surface area contributed by atoms with Crippen LogP contribution in [-0.2, 0) is 0 Å². The number of amides is 2. The Morgan fingerprint density at radius 3 is 2.50 bits per heavy atom. The van der Waals surface area contributed by atoms with Gasteiger partial charge in [-0.2, -0.15) is 0 Å². The second kappa shape index (κ2) is 10.4. The van der Waals surface area contributed by atoms with Crippen molar-refractivity contribution in [2.45, 2.75) is 26.4 Å². The molecule has 4 N–H and O–H groups in total. The van der Waals surface area contributed by atoms with Gasteiger partial charge in [-0.3, -0.25) is 10.2 Å². The minimum absolute atomic E-state index is 0.108. The summed E-state index contributed by atoms with van der Waals surface area (Å²) in [6.45, 7) is 5.22. The molecule has 0 aliphatic carbocycles. The standard InChI is InChI=1S/C22H26N6O4/c1-14(2)31-16-9-15(21(29)27-19(23)5-6-24-3)10-17(11-16)32-20-13-25-18(12-26-20)22(30)28-7-4-8-28/h5-6,9-14,24H,4,7-8H2,1-3H3,(H2,23,27,29)/p+1/b6-5-. The van der Waals surface area contributed by atoms with Crippen LogP contribution in [0.5, 0.6) is 17.4 Å². The highest BCUT2D eigenvalue weighted by Gasteiger charge is 2.23. The van der Waals surface area contributed by atoms with E-state index in [0.29, 0.717) is 11.5 Å². The van der Waals surface area contributed by atoms with Gasteiger partial charge in [0.05, 0.1) is 24.1 Å². The molecule has 2 amide bonds. The number of nitrogens with two attached hydrogens (primary N) is 1. The molecular formula is C22H27N6O4+. The lowest BCUT2D eigenvalue weighted by Crippen LogP contribution is -2.49. The normalized spacial score (nSPS) is 12.9. The van der Waals surface area contributed by atoms with E-state index >= 15 is 0 Å². The minimum Gasteiger partial charge on any atom is -0.491 e. The molecule has 10 heteroatoms. The number of carbonyl (C=O) groups excluding carboxylic acids is 2. The molecule has 2 aromatic rings. The molecule has 3 rings (SSSR count). The lowest BCUT2D eigenvalue weighted by atomic mass is 10.2. The van der Waals surface area contributed by atoms with Crippen molar-refractivity contribution in [3.05, 3.63) is 54.1 Å². The molecule has 0 spiro atoms. The first-order valence-electron chi connectivity index (χ1n) is 10.2. The number of ether oxygens (including phenoxy) is 2. The summed E-state index contributed by atoms with van der Waals surface area (Å²) in [7, 11) is 1.72. The van der Waals surface area contributed by atoms with Crippen molar-refractivity contribution in [3.63, 3.8) is 0 Å². The molecule has 0 unspecified atom stereocenters. The maximum absolute atomic E-state index is 12.6. The van der Waals surface area contributed by atoms with Crippen molar-refractivity contribution in [2.24, 2.45) is 0 Å². The van der Waals surface area contributed by atoms with Crippen LogP contribution in [0.25, 0.3) is 0 Å². The van der Waals surface area contributed by atoms with E-state index in [4.69, 9.17) is 14.9 Å². The molecule has 0 bridgehead atoms. The topological polar surface area (TPSA) is 131 Å². The summed E-state index contributed by atoms with van der Waals surface area (Å²) in [6.07, 6.45) is 6.77. The zero-order chi connectivity index (χ0) is 23.1. The molecule has 0 saturated carbocycles. The molecule has 2 heterocycles. The Morgan fingerprint density at radius 1 is 1.16 bits per heavy atom. The molecule has 0 atom stereocenters. The van der Waals surface area contributed by atoms with Gasteiger partial charge >= 0.3 is 5.91 Å². The van der Waals surface area contributed by atoms with Crippen molar-refractivity contribution in [3.8, 4) is 17.4 Å². The van der Waals surface area contributed by atoms with E-state index in [9.17, 15) is 9.59 Å². The Balaban J connectivity index is 1.78. The van der Waals surface area contributed by atoms with Crippen LogP contribution in [-0.4, -0.2) is 58.8 Å². The number of rotatable bonds is 8. The Kier molecular flexibility index (Phi) is 7.37. The number of hydrogen-bond acceptors (Lipinski definition) is 7. The van der Waals surface area contributed by atoms with E-state index < -0.39 is 5.91 Å². The highest BCUT2D eigenvalue weighted by Crippen LogP contribution is 2.27. The van der Waals surface area contributed by atoms with Gasteiger partial charge in [-0.15, -0.1) is 0 Å². The molecule has 1 aliphatic rings. The fraction of sp³-hybridized carbons (Fsp3) is 0.318. The van der Waals surface area contributed by atoms with Crippen LogP contribution >= 0.6 is 0 Å². The predicted octanol–water partition coefficient (Wildman–Crippen LogP) is 0.523. The minimum atomic E-state index is -0.427. The predicted molar refractivity (Wildman–Crippen MR) is 117 cm³/mol. The quantitative estimate of drug-likeness (QED) is 0.404. The number of amidine groups is 1. The third-order valence-electron chi connectivity index (χ3n) is 4.41. The first-order chi connectivity index (χ1) is 15.4. The number of hydrogen-bond donors (Lipinski definition) is 3. The fourth-order valence-corrected chi connectivity index (χ4v) is 2.80. The molecule has 10 nitrogen and oxygen atoms in total. The van der Waals surface area contributed by atoms with Crippen molar-refractivity contribution in [2.75, 3.05) is 20.1 Å². The summed E-state index contributed by atoms with van der Waals surface area (Å²) < 4.78 is 11.5. The number of nitrogens with one attached hydrogen (secondary N) is 2. The molecule has 1 saturated heterocycles. The van der Waals surface area contributed by atoms with Crippen molar-refractivity contribution >= 4 is 17.6 Å². The molecule has 32 heavy (non-hydrogen) atoms. The van der Waals surface area contributed by atoms with Gasteiger partial charge in [-0.25, -0.2) is 20.1 Å². The average Bonchev–Trinajstić information content (AvgIpc) is 2.70. The van der Waals surface area contributed by atoms with E-state index in [0.717, 1.165) is 19.5 Å². The van der Waals surface area contributed by atoms with Gasteiger partial charge in [-0.05, 0) is 32.4 Å². The van der Waals surface area contributed by atoms with E-state index in [1.807, 2.05) is 13.8 Å². The van der Waals surface area contributed by atoms with Crippen LogP contribution in [0.4, 0.5) is 0 Å². The summed E-state index contributed by atoms with van der Waals surface area (Å²) in [4.78, 5) is 34.9. The summed E-state index contributed by atoms with van der Waals surface area (Å²) in [6, 6.07) is 4.78. The second-order valence-corrected chi connectivity index (χ2v) is 7.38. The second-order valence-electron chi connectivity index (χ2n) is 7.38. The van der Waals surface area contributed by atoms with Crippen LogP contribution in [0, 0.1) is 0 Å². The summed E-state index contributed by atoms with van der Waals surface area (Å²) in [5.41, 5.74) is 0.547. The molecule has 1 aromatic carbocycles. The summed E-state index contributed by atoms with van der Waals surface area (Å²) >= 11 is 0. The number of aromatic nitrogens is 2. The molecule has 1 aliphatic heterocycles. The van der Waals surface area contributed by atoms with E-state index in [-0.39, 0.29) is 35.0 Å². The summed E-state index contributed by atoms with van der Waals surface area (Å²) in [5.74, 6) is 0.557. The van der Waals surface area contributed by atoms with E-state index in [2.05, 4.69) is 20.6 Å². The van der Waals surface area contributed by atoms with Gasteiger partial charge in [0.15, 0.2) is 0 Å². The van der Waals surface area contributed by atoms with E-state index in [1.54, 1.807) is 36.3 Å². The zero-order valence-electron chi connectivity index (χ0n) is 18.3. The van der Waals surface area contributed by atoms with E-state index in [1.165, 1.54) is 18.5 Å². The highest BCUT2D eigenvalue weighted by molar-refractivity contribution is 6.08. The Hall–Kier alpha value is -3.95. The van der Waals surface area contributed by atoms with Gasteiger partial charge in [0.2, 0.25) is 5.88 Å². The molecular weight excluding hydrogens is 412 g/mol. The molecule has 168 valence electrons. The van der Waals surface area contributed by atoms with Crippen LogP contribution < -0.4 is 25.5 Å². The maximum Gasteiger partial charge on any atom is 0.339 e. The van der Waals surface area contributed by atoms with Gasteiger partial charge < -0.3 is 19.7 Å². The molecule has 1 fully saturated rings. The third-order valence-corrected chi connectivity index (χ3v) is 4.41. The Bertz CT molecular complexity index is 1020. The smallest absolute Gasteiger partial charge is 0.339 e. The summed E-state index contributed by atoms with van der Waals surface area (Å²) in [5, 5.41) is 11.2. The van der Waals surface area contributed by atoms with Gasteiger partial charge in [-0.1, -0.05) is 0 Å². The lowest BCUT2D eigenvalue weighted by Gasteiger charge is -2.30. The van der Waals surface area contributed by atoms with Crippen LogP contribution in [0.3, 0.4) is 0 Å². The number of carbonyl (C=O) groups is 2. The van der Waals surface area contributed by atoms with Crippen LogP contribution in [0.2, 0.25) is 0 Å². The highest BCUT2D eigenvalue weighted by atomic mass is 16.5. The van der Waals surface area contributed by atoms with Crippen LogP contribution in [0.1, 0.15) is 41.1 Å². The number of likely N-dealkylation sites (tertiary alicyclic amines) is 1. The zero-order valence-corrected chi connectivity index (χ0v) is 18.3. The largest absolute Gasteiger partial charge is 0.491 e. The Labute approximate surface area is 186 Å². The molecule has 1 aromatic heterocycles. The third kappa shape index (κ3) is 6.03. The average molecular weight is 439 g/mol. The van der Waals surface area contributed by atoms with Crippen LogP contribution in [0.15, 0.2) is 42.9 Å². The fourth-order valence-electron chi connectivity index (χ4n) is 2.80. The first-order valence-corrected chi connectivity index (χ1v) is 10.2.